The molecule has 8 nitrogen and oxygen atoms in total. The van der Waals surface area contributed by atoms with Crippen molar-refractivity contribution in [3.63, 3.8) is 0 Å². The first-order valence-corrected chi connectivity index (χ1v) is 9.41. The minimum absolute atomic E-state index is 0.314. The van der Waals surface area contributed by atoms with E-state index in [4.69, 9.17) is 23.7 Å². The summed E-state index contributed by atoms with van der Waals surface area (Å²) in [5.41, 5.74) is 0.405. The Labute approximate surface area is 179 Å². The predicted octanol–water partition coefficient (Wildman–Crippen LogP) is 3.43. The summed E-state index contributed by atoms with van der Waals surface area (Å²) in [4.78, 5) is 24.2. The second-order valence-electron chi connectivity index (χ2n) is 6.39. The van der Waals surface area contributed by atoms with Gasteiger partial charge in [-0.15, -0.1) is 0 Å². The van der Waals surface area contributed by atoms with Crippen molar-refractivity contribution in [3.05, 3.63) is 54.6 Å². The summed E-state index contributed by atoms with van der Waals surface area (Å²) < 4.78 is 26.3. The van der Waals surface area contributed by atoms with Crippen LogP contribution in [0.4, 0.5) is 5.69 Å². The van der Waals surface area contributed by atoms with Crippen molar-refractivity contribution < 1.29 is 33.3 Å². The van der Waals surface area contributed by atoms with Crippen LogP contribution in [0.3, 0.4) is 0 Å². The minimum Gasteiger partial charge on any atom is -0.493 e. The van der Waals surface area contributed by atoms with Gasteiger partial charge in [0.15, 0.2) is 24.7 Å². The van der Waals surface area contributed by atoms with E-state index in [0.29, 0.717) is 28.7 Å². The lowest BCUT2D eigenvalue weighted by molar-refractivity contribution is -0.149. The molecule has 3 rings (SSSR count). The van der Waals surface area contributed by atoms with E-state index in [9.17, 15) is 9.59 Å². The molecule has 0 saturated carbocycles. The summed E-state index contributed by atoms with van der Waals surface area (Å²) in [7, 11) is 4.43. The molecule has 162 valence electrons. The second-order valence-corrected chi connectivity index (χ2v) is 6.39. The van der Waals surface area contributed by atoms with E-state index >= 15 is 0 Å². The van der Waals surface area contributed by atoms with Crippen molar-refractivity contribution in [3.8, 4) is 23.0 Å². The highest BCUT2D eigenvalue weighted by Gasteiger charge is 2.15. The van der Waals surface area contributed by atoms with Crippen LogP contribution in [0.1, 0.15) is 0 Å². The second kappa shape index (κ2) is 10.2. The summed E-state index contributed by atoms with van der Waals surface area (Å²) in [5, 5.41) is 4.51. The molecule has 0 atom stereocenters. The van der Waals surface area contributed by atoms with Crippen molar-refractivity contribution in [1.29, 1.82) is 0 Å². The number of hydrogen-bond acceptors (Lipinski definition) is 7. The molecule has 0 fully saturated rings. The number of fused-ring (bicyclic) bond motifs is 1. The van der Waals surface area contributed by atoms with Crippen LogP contribution in [-0.2, 0) is 14.3 Å². The number of anilines is 1. The molecule has 8 heteroatoms. The normalized spacial score (nSPS) is 10.3. The number of rotatable bonds is 9. The molecule has 0 aliphatic carbocycles. The Hall–Kier alpha value is -3.94. The minimum atomic E-state index is -0.659. The average Bonchev–Trinajstić information content (AvgIpc) is 2.80. The van der Waals surface area contributed by atoms with Crippen LogP contribution < -0.4 is 24.3 Å². The molecule has 0 spiro atoms. The van der Waals surface area contributed by atoms with Gasteiger partial charge in [0.1, 0.15) is 5.75 Å². The van der Waals surface area contributed by atoms with E-state index in [1.807, 2.05) is 36.4 Å². The Morgan fingerprint density at radius 2 is 1.48 bits per heavy atom. The quantitative estimate of drug-likeness (QED) is 0.525. The molecule has 0 radical (unpaired) electrons. The lowest BCUT2D eigenvalue weighted by Crippen LogP contribution is -2.23. The first-order chi connectivity index (χ1) is 15.0. The van der Waals surface area contributed by atoms with Gasteiger partial charge in [0.05, 0.1) is 21.3 Å². The number of methoxy groups -OCH3 is 3. The zero-order valence-electron chi connectivity index (χ0n) is 17.5. The van der Waals surface area contributed by atoms with Gasteiger partial charge < -0.3 is 29.0 Å². The largest absolute Gasteiger partial charge is 0.493 e. The predicted molar refractivity (Wildman–Crippen MR) is 115 cm³/mol. The maximum Gasteiger partial charge on any atom is 0.344 e. The number of esters is 1. The highest BCUT2D eigenvalue weighted by molar-refractivity contribution is 5.93. The molecule has 3 aromatic carbocycles. The van der Waals surface area contributed by atoms with Crippen LogP contribution in [-0.4, -0.2) is 46.4 Å². The fourth-order valence-corrected chi connectivity index (χ4v) is 3.00. The summed E-state index contributed by atoms with van der Waals surface area (Å²) >= 11 is 0. The van der Waals surface area contributed by atoms with Crippen LogP contribution in [0.25, 0.3) is 10.8 Å². The van der Waals surface area contributed by atoms with Crippen molar-refractivity contribution in [2.45, 2.75) is 0 Å². The monoisotopic (exact) mass is 425 g/mol. The maximum atomic E-state index is 12.2. The zero-order chi connectivity index (χ0) is 22.2. The standard InChI is InChI=1S/C23H23NO7/c1-27-19-11-16(12-20(28-2)23(19)29-3)24-21(25)13-31-22(26)14-30-18-10-6-8-15-7-4-5-9-17(15)18/h4-12H,13-14H2,1-3H3,(H,24,25). The van der Waals surface area contributed by atoms with E-state index < -0.39 is 18.5 Å². The third-order valence-electron chi connectivity index (χ3n) is 4.41. The Morgan fingerprint density at radius 1 is 0.806 bits per heavy atom. The van der Waals surface area contributed by atoms with E-state index in [1.54, 1.807) is 18.2 Å². The fourth-order valence-electron chi connectivity index (χ4n) is 3.00. The third-order valence-corrected chi connectivity index (χ3v) is 4.41. The van der Waals surface area contributed by atoms with Crippen molar-refractivity contribution in [2.24, 2.45) is 0 Å². The number of hydrogen-bond donors (Lipinski definition) is 1. The maximum absolute atomic E-state index is 12.2. The molecule has 31 heavy (non-hydrogen) atoms. The van der Waals surface area contributed by atoms with Gasteiger partial charge in [-0.2, -0.15) is 0 Å². The van der Waals surface area contributed by atoms with E-state index in [-0.39, 0.29) is 6.61 Å². The highest BCUT2D eigenvalue weighted by Crippen LogP contribution is 2.39. The number of carbonyl (C=O) groups is 2. The SMILES string of the molecule is COc1cc(NC(=O)COC(=O)COc2cccc3ccccc23)cc(OC)c1OC. The van der Waals surface area contributed by atoms with Gasteiger partial charge in [0.25, 0.3) is 5.91 Å². The van der Waals surface area contributed by atoms with E-state index in [2.05, 4.69) is 5.32 Å². The number of amides is 1. The molecule has 1 amide bonds. The molecule has 0 saturated heterocycles. The smallest absolute Gasteiger partial charge is 0.344 e. The summed E-state index contributed by atoms with van der Waals surface area (Å²) in [5.74, 6) is 0.563. The van der Waals surface area contributed by atoms with Gasteiger partial charge in [0.2, 0.25) is 5.75 Å². The molecule has 0 unspecified atom stereocenters. The van der Waals surface area contributed by atoms with Crippen molar-refractivity contribution in [2.75, 3.05) is 39.9 Å². The van der Waals surface area contributed by atoms with Crippen molar-refractivity contribution in [1.82, 2.24) is 0 Å². The van der Waals surface area contributed by atoms with E-state index in [1.165, 1.54) is 21.3 Å². The molecule has 0 heterocycles. The molecular weight excluding hydrogens is 402 g/mol. The lowest BCUT2D eigenvalue weighted by atomic mass is 10.1. The Morgan fingerprint density at radius 3 is 2.16 bits per heavy atom. The summed E-state index contributed by atoms with van der Waals surface area (Å²) in [6.07, 6.45) is 0. The Bertz CT molecular complexity index is 1050. The topological polar surface area (TPSA) is 92.3 Å². The molecule has 0 aromatic heterocycles. The van der Waals surface area contributed by atoms with Gasteiger partial charge in [-0.05, 0) is 11.5 Å². The van der Waals surface area contributed by atoms with Crippen LogP contribution in [0.15, 0.2) is 54.6 Å². The Balaban J connectivity index is 1.54. The number of carbonyl (C=O) groups excluding carboxylic acids is 2. The van der Waals surface area contributed by atoms with Gasteiger partial charge in [-0.25, -0.2) is 4.79 Å². The summed E-state index contributed by atoms with van der Waals surface area (Å²) in [6, 6.07) is 16.4. The first-order valence-electron chi connectivity index (χ1n) is 9.41. The molecule has 0 aliphatic rings. The van der Waals surface area contributed by atoms with Gasteiger partial charge in [-0.3, -0.25) is 4.79 Å². The zero-order valence-corrected chi connectivity index (χ0v) is 17.5. The first kappa shape index (κ1) is 21.8. The van der Waals surface area contributed by atoms with E-state index in [0.717, 1.165) is 10.8 Å². The molecular formula is C23H23NO7. The van der Waals surface area contributed by atoms with Crippen molar-refractivity contribution >= 4 is 28.3 Å². The lowest BCUT2D eigenvalue weighted by Gasteiger charge is -2.14. The average molecular weight is 425 g/mol. The van der Waals surface area contributed by atoms with Crippen LogP contribution in [0.2, 0.25) is 0 Å². The van der Waals surface area contributed by atoms with Gasteiger partial charge in [0, 0.05) is 23.2 Å². The van der Waals surface area contributed by atoms with Gasteiger partial charge >= 0.3 is 5.97 Å². The highest BCUT2D eigenvalue weighted by atomic mass is 16.6. The van der Waals surface area contributed by atoms with Crippen LogP contribution >= 0.6 is 0 Å². The molecule has 0 aliphatic heterocycles. The fraction of sp³-hybridized carbons (Fsp3) is 0.217. The third kappa shape index (κ3) is 5.36. The summed E-state index contributed by atoms with van der Waals surface area (Å²) in [6.45, 7) is -0.778. The Kier molecular flexibility index (Phi) is 7.16. The number of ether oxygens (including phenoxy) is 5. The molecule has 0 bridgehead atoms. The number of nitrogens with one attached hydrogen (secondary N) is 1. The molecule has 1 N–H and O–H groups in total. The van der Waals surface area contributed by atoms with Gasteiger partial charge in [-0.1, -0.05) is 36.4 Å². The van der Waals surface area contributed by atoms with Crippen LogP contribution in [0.5, 0.6) is 23.0 Å². The number of benzene rings is 3. The molecule has 3 aromatic rings. The van der Waals surface area contributed by atoms with Crippen LogP contribution in [0, 0.1) is 0 Å².